The summed E-state index contributed by atoms with van der Waals surface area (Å²) in [4.78, 5) is 6.52. The van der Waals surface area contributed by atoms with Gasteiger partial charge >= 0.3 is 0 Å². The Labute approximate surface area is 129 Å². The molecular formula is C15H17N3O3S. The molecule has 1 aromatic heterocycles. The lowest BCUT2D eigenvalue weighted by molar-refractivity contribution is 0.298. The number of benzene rings is 1. The third-order valence-corrected chi connectivity index (χ3v) is 6.81. The van der Waals surface area contributed by atoms with Gasteiger partial charge in [-0.05, 0) is 24.5 Å². The maximum Gasteiger partial charge on any atom is 0.257 e. The van der Waals surface area contributed by atoms with E-state index in [2.05, 4.69) is 15.0 Å². The summed E-state index contributed by atoms with van der Waals surface area (Å²) in [6.45, 7) is 1.93. The van der Waals surface area contributed by atoms with E-state index in [0.717, 1.165) is 18.5 Å². The molecule has 0 spiro atoms. The fourth-order valence-electron chi connectivity index (χ4n) is 3.42. The van der Waals surface area contributed by atoms with Gasteiger partial charge < -0.3 is 4.52 Å². The van der Waals surface area contributed by atoms with Crippen molar-refractivity contribution < 1.29 is 12.9 Å². The molecule has 116 valence electrons. The Bertz CT molecular complexity index is 772. The molecule has 0 radical (unpaired) electrons. The Hall–Kier alpha value is -1.73. The zero-order valence-electron chi connectivity index (χ0n) is 12.1. The SMILES string of the molecule is O=S1(=O)CC[C@H]2CN(Cc3noc(-c4ccccc4)n3)C[C@H]21. The lowest BCUT2D eigenvalue weighted by Gasteiger charge is -2.13. The molecule has 0 N–H and O–H groups in total. The molecule has 2 aromatic rings. The summed E-state index contributed by atoms with van der Waals surface area (Å²) in [5.41, 5.74) is 0.891. The first-order valence-corrected chi connectivity index (χ1v) is 9.15. The van der Waals surface area contributed by atoms with E-state index in [1.807, 2.05) is 30.3 Å². The fourth-order valence-corrected chi connectivity index (χ4v) is 5.60. The van der Waals surface area contributed by atoms with Crippen LogP contribution < -0.4 is 0 Å². The van der Waals surface area contributed by atoms with E-state index in [4.69, 9.17) is 4.52 Å². The molecule has 0 amide bonds. The summed E-state index contributed by atoms with van der Waals surface area (Å²) in [7, 11) is -2.89. The van der Waals surface area contributed by atoms with Crippen LogP contribution in [0.2, 0.25) is 0 Å². The normalized spacial score (nSPS) is 27.1. The van der Waals surface area contributed by atoms with Gasteiger partial charge in [0.25, 0.3) is 5.89 Å². The highest BCUT2D eigenvalue weighted by atomic mass is 32.2. The Balaban J connectivity index is 1.46. The third-order valence-electron chi connectivity index (χ3n) is 4.54. The van der Waals surface area contributed by atoms with E-state index in [1.54, 1.807) is 0 Å². The smallest absolute Gasteiger partial charge is 0.257 e. The Morgan fingerprint density at radius 3 is 2.82 bits per heavy atom. The summed E-state index contributed by atoms with van der Waals surface area (Å²) in [5, 5.41) is 3.81. The summed E-state index contributed by atoms with van der Waals surface area (Å²) in [6.07, 6.45) is 0.783. The van der Waals surface area contributed by atoms with Crippen LogP contribution in [0, 0.1) is 5.92 Å². The van der Waals surface area contributed by atoms with Crippen LogP contribution in [0.4, 0.5) is 0 Å². The molecule has 2 atom stereocenters. The number of fused-ring (bicyclic) bond motifs is 1. The molecule has 3 heterocycles. The van der Waals surface area contributed by atoms with Gasteiger partial charge in [-0.1, -0.05) is 23.4 Å². The molecular weight excluding hydrogens is 302 g/mol. The Morgan fingerprint density at radius 1 is 1.23 bits per heavy atom. The number of rotatable bonds is 3. The minimum absolute atomic E-state index is 0.201. The van der Waals surface area contributed by atoms with Crippen LogP contribution in [-0.4, -0.2) is 47.6 Å². The molecule has 2 aliphatic heterocycles. The second-order valence-electron chi connectivity index (χ2n) is 6.03. The number of nitrogens with zero attached hydrogens (tertiary/aromatic N) is 3. The minimum atomic E-state index is -2.89. The zero-order chi connectivity index (χ0) is 15.2. The highest BCUT2D eigenvalue weighted by Gasteiger charge is 2.46. The van der Waals surface area contributed by atoms with E-state index in [1.165, 1.54) is 0 Å². The van der Waals surface area contributed by atoms with Gasteiger partial charge in [0, 0.05) is 18.7 Å². The molecule has 2 fully saturated rings. The average Bonchev–Trinajstić information content (AvgIpc) is 3.19. The van der Waals surface area contributed by atoms with Crippen molar-refractivity contribution in [2.24, 2.45) is 5.92 Å². The van der Waals surface area contributed by atoms with E-state index < -0.39 is 9.84 Å². The number of sulfone groups is 1. The molecule has 7 heteroatoms. The van der Waals surface area contributed by atoms with Crippen molar-refractivity contribution in [3.05, 3.63) is 36.2 Å². The number of likely N-dealkylation sites (tertiary alicyclic amines) is 1. The lowest BCUT2D eigenvalue weighted by atomic mass is 10.1. The van der Waals surface area contributed by atoms with Crippen molar-refractivity contribution in [3.63, 3.8) is 0 Å². The van der Waals surface area contributed by atoms with Gasteiger partial charge in [-0.3, -0.25) is 4.90 Å². The van der Waals surface area contributed by atoms with Gasteiger partial charge in [-0.25, -0.2) is 8.42 Å². The molecule has 6 nitrogen and oxygen atoms in total. The molecule has 0 bridgehead atoms. The average molecular weight is 319 g/mol. The second-order valence-corrected chi connectivity index (χ2v) is 8.37. The van der Waals surface area contributed by atoms with Crippen molar-refractivity contribution in [3.8, 4) is 11.5 Å². The van der Waals surface area contributed by atoms with Crippen LogP contribution >= 0.6 is 0 Å². The monoisotopic (exact) mass is 319 g/mol. The number of hydrogen-bond acceptors (Lipinski definition) is 6. The van der Waals surface area contributed by atoms with E-state index in [9.17, 15) is 8.42 Å². The minimum Gasteiger partial charge on any atom is -0.334 e. The first-order chi connectivity index (χ1) is 10.6. The molecule has 22 heavy (non-hydrogen) atoms. The third kappa shape index (κ3) is 2.44. The van der Waals surface area contributed by atoms with Crippen LogP contribution in [0.5, 0.6) is 0 Å². The van der Waals surface area contributed by atoms with Crippen molar-refractivity contribution in [2.75, 3.05) is 18.8 Å². The van der Waals surface area contributed by atoms with E-state index in [0.29, 0.717) is 30.6 Å². The van der Waals surface area contributed by atoms with Gasteiger partial charge in [0.2, 0.25) is 0 Å². The van der Waals surface area contributed by atoms with Gasteiger partial charge in [-0.15, -0.1) is 0 Å². The van der Waals surface area contributed by atoms with Gasteiger partial charge in [0.05, 0.1) is 17.5 Å². The van der Waals surface area contributed by atoms with Crippen molar-refractivity contribution in [1.82, 2.24) is 15.0 Å². The van der Waals surface area contributed by atoms with Crippen LogP contribution in [0.3, 0.4) is 0 Å². The molecule has 0 saturated carbocycles. The Kier molecular flexibility index (Phi) is 3.27. The summed E-state index contributed by atoms with van der Waals surface area (Å²) < 4.78 is 29.2. The van der Waals surface area contributed by atoms with E-state index >= 15 is 0 Å². The first-order valence-electron chi connectivity index (χ1n) is 7.44. The quantitative estimate of drug-likeness (QED) is 0.850. The Morgan fingerprint density at radius 2 is 2.05 bits per heavy atom. The molecule has 0 aliphatic carbocycles. The van der Waals surface area contributed by atoms with Crippen LogP contribution in [0.25, 0.3) is 11.5 Å². The maximum absolute atomic E-state index is 12.0. The van der Waals surface area contributed by atoms with Crippen LogP contribution in [0.1, 0.15) is 12.2 Å². The van der Waals surface area contributed by atoms with Crippen LogP contribution in [0.15, 0.2) is 34.9 Å². The van der Waals surface area contributed by atoms with Crippen LogP contribution in [-0.2, 0) is 16.4 Å². The lowest BCUT2D eigenvalue weighted by Crippen LogP contribution is -2.26. The van der Waals surface area contributed by atoms with Gasteiger partial charge in [0.15, 0.2) is 15.7 Å². The number of hydrogen-bond donors (Lipinski definition) is 0. The predicted octanol–water partition coefficient (Wildman–Crippen LogP) is 1.36. The highest BCUT2D eigenvalue weighted by molar-refractivity contribution is 7.92. The zero-order valence-corrected chi connectivity index (χ0v) is 12.9. The first kappa shape index (κ1) is 13.9. The largest absolute Gasteiger partial charge is 0.334 e. The maximum atomic E-state index is 12.0. The number of aromatic nitrogens is 2. The van der Waals surface area contributed by atoms with Gasteiger partial charge in [-0.2, -0.15) is 4.98 Å². The topological polar surface area (TPSA) is 76.3 Å². The van der Waals surface area contributed by atoms with Crippen molar-refractivity contribution >= 4 is 9.84 Å². The molecule has 1 aromatic carbocycles. The molecule has 4 rings (SSSR count). The molecule has 2 aliphatic rings. The van der Waals surface area contributed by atoms with Crippen molar-refractivity contribution in [2.45, 2.75) is 18.2 Å². The molecule has 0 unspecified atom stereocenters. The summed E-state index contributed by atoms with van der Waals surface area (Å²) in [6, 6.07) is 9.62. The second kappa shape index (κ2) is 5.17. The summed E-state index contributed by atoms with van der Waals surface area (Å²) in [5.74, 6) is 1.72. The fraction of sp³-hybridized carbons (Fsp3) is 0.467. The standard InChI is InChI=1S/C15H17N3O3S/c19-22(20)7-6-12-8-18(9-13(12)22)10-14-16-15(21-17-14)11-4-2-1-3-5-11/h1-5,12-13H,6-10H2/t12-,13+/m0/s1. The van der Waals surface area contributed by atoms with Crippen molar-refractivity contribution in [1.29, 1.82) is 0 Å². The van der Waals surface area contributed by atoms with E-state index in [-0.39, 0.29) is 11.2 Å². The highest BCUT2D eigenvalue weighted by Crippen LogP contribution is 2.34. The van der Waals surface area contributed by atoms with Gasteiger partial charge in [0.1, 0.15) is 0 Å². The molecule has 2 saturated heterocycles. The predicted molar refractivity (Wildman–Crippen MR) is 80.7 cm³/mol. The summed E-state index contributed by atoms with van der Waals surface area (Å²) >= 11 is 0.